The van der Waals surface area contributed by atoms with Crippen LogP contribution < -0.4 is 28.1 Å². The summed E-state index contributed by atoms with van der Waals surface area (Å²) in [6.07, 6.45) is 11.3. The minimum Gasteiger partial charge on any atom is -1.00 e. The summed E-state index contributed by atoms with van der Waals surface area (Å²) in [7, 11) is 0. The third-order valence-corrected chi connectivity index (χ3v) is 20.9. The minimum absolute atomic E-state index is 0. The van der Waals surface area contributed by atoms with Gasteiger partial charge in [-0.15, -0.1) is 0 Å². The number of fused-ring (bicyclic) bond motifs is 5. The maximum Gasteiger partial charge on any atom is -1.00 e. The fourth-order valence-corrected chi connectivity index (χ4v) is 18.9. The summed E-state index contributed by atoms with van der Waals surface area (Å²) in [6.45, 7) is 14.5. The van der Waals surface area contributed by atoms with Crippen LogP contribution in [-0.2, 0) is 51.4 Å². The zero-order valence-electron chi connectivity index (χ0n) is 37.9. The first-order chi connectivity index (χ1) is 30.0. The standard InChI is InChI=1S/C41H37.C15H14.C5H5.2ClH.Zr/c1-40(2,3)38-24-34-32(22-36(38)30-17-15-26-11-7-9-13-28(26)19-30)21-33-23-37(39(25-35(33)34)41(4,5)6)31-18-16-27-12-8-10-14-29(27)20-31;1-3-8-14(9-4-1)12-7-13-15-10-5-2-6-11-15;1-2-4-5-3-1;;;/h7-20,22,24-25H,21H2,1-6H3;1-6,8-11H,12-13H2;1-3H,4H2;2*1H;/q;;;;;+2/p-2. The molecule has 0 heterocycles. The van der Waals surface area contributed by atoms with Gasteiger partial charge in [0.25, 0.3) is 0 Å². The third-order valence-electron chi connectivity index (χ3n) is 13.3. The molecule has 2 aliphatic rings. The van der Waals surface area contributed by atoms with Crippen LogP contribution >= 0.6 is 0 Å². The van der Waals surface area contributed by atoms with Crippen molar-refractivity contribution in [2.24, 2.45) is 0 Å². The van der Waals surface area contributed by atoms with Crippen LogP contribution in [0.2, 0.25) is 0 Å². The average molecular weight is 951 g/mol. The molecule has 0 saturated heterocycles. The molecule has 2 aliphatic carbocycles. The van der Waals surface area contributed by atoms with Gasteiger partial charge in [0, 0.05) is 0 Å². The van der Waals surface area contributed by atoms with E-state index in [1.165, 1.54) is 82.7 Å². The van der Waals surface area contributed by atoms with Crippen LogP contribution in [-0.4, -0.2) is 3.21 Å². The van der Waals surface area contributed by atoms with Gasteiger partial charge in [0.1, 0.15) is 0 Å². The second-order valence-corrected chi connectivity index (χ2v) is 26.1. The molecule has 0 bridgehead atoms. The maximum atomic E-state index is 2.65. The normalized spacial score (nSPS) is 12.8. The van der Waals surface area contributed by atoms with Crippen LogP contribution in [0.4, 0.5) is 0 Å². The van der Waals surface area contributed by atoms with Crippen molar-refractivity contribution in [3.63, 3.8) is 0 Å². The Balaban J connectivity index is 0.00000280. The zero-order valence-corrected chi connectivity index (χ0v) is 41.9. The molecular formula is C61H56Cl2Zr. The second kappa shape index (κ2) is 18.5. The Kier molecular flexibility index (Phi) is 13.2. The summed E-state index contributed by atoms with van der Waals surface area (Å²) in [5.74, 6) is 0. The molecule has 0 saturated carbocycles. The van der Waals surface area contributed by atoms with Crippen molar-refractivity contribution in [2.75, 3.05) is 0 Å². The molecule has 0 radical (unpaired) electrons. The smallest absolute Gasteiger partial charge is 1.00 e. The molecule has 0 N–H and O–H groups in total. The number of rotatable bonds is 8. The summed E-state index contributed by atoms with van der Waals surface area (Å²) >= 11 is -2.99. The zero-order chi connectivity index (χ0) is 42.6. The molecule has 0 amide bonds. The number of allylic oxidation sites excluding steroid dienone is 4. The Hall–Kier alpha value is -4.91. The SMILES string of the molecule is CC(C)(C)c1cc2c(cc1-c1ccc3ccccc3c1)Cc1c-2cc(C(C)(C)C)c(-c2ccc3ccccc3c2)[c]1[Zr+2]([C]1=CC=CC1)=[C](Cc1ccccc1)Cc1ccccc1.[Cl-].[Cl-]. The average Bonchev–Trinajstić information content (AvgIpc) is 3.94. The van der Waals surface area contributed by atoms with Gasteiger partial charge in [0.15, 0.2) is 0 Å². The van der Waals surface area contributed by atoms with E-state index in [2.05, 4.69) is 224 Å². The van der Waals surface area contributed by atoms with Gasteiger partial charge in [-0.3, -0.25) is 0 Å². The molecule has 0 fully saturated rings. The second-order valence-electron chi connectivity index (χ2n) is 19.7. The minimum atomic E-state index is -2.99. The topological polar surface area (TPSA) is 0 Å². The van der Waals surface area contributed by atoms with Gasteiger partial charge in [0.2, 0.25) is 0 Å². The van der Waals surface area contributed by atoms with Crippen molar-refractivity contribution in [2.45, 2.75) is 78.1 Å². The molecule has 0 spiro atoms. The first-order valence-electron chi connectivity index (χ1n) is 22.5. The number of halogens is 2. The Bertz CT molecular complexity index is 3080. The van der Waals surface area contributed by atoms with E-state index in [9.17, 15) is 0 Å². The largest absolute Gasteiger partial charge is 1.00 e. The van der Waals surface area contributed by atoms with E-state index < -0.39 is 21.3 Å². The van der Waals surface area contributed by atoms with Gasteiger partial charge in [-0.2, -0.15) is 0 Å². The molecule has 8 aromatic rings. The number of hydrogen-bond acceptors (Lipinski definition) is 0. The van der Waals surface area contributed by atoms with Crippen molar-refractivity contribution in [3.8, 4) is 33.4 Å². The first-order valence-corrected chi connectivity index (χ1v) is 26.2. The van der Waals surface area contributed by atoms with E-state index in [1.54, 1.807) is 15.3 Å². The molecule has 3 heteroatoms. The summed E-state index contributed by atoms with van der Waals surface area (Å²) in [4.78, 5) is 0. The molecule has 0 atom stereocenters. The predicted octanol–water partition coefficient (Wildman–Crippen LogP) is 9.25. The van der Waals surface area contributed by atoms with Crippen LogP contribution in [0.1, 0.15) is 81.3 Å². The molecule has 0 aliphatic heterocycles. The first kappa shape index (κ1) is 45.7. The van der Waals surface area contributed by atoms with E-state index in [1.807, 2.05) is 0 Å². The van der Waals surface area contributed by atoms with E-state index in [0.717, 1.165) is 25.7 Å². The molecule has 0 unspecified atom stereocenters. The third kappa shape index (κ3) is 8.90. The number of hydrogen-bond donors (Lipinski definition) is 0. The van der Waals surface area contributed by atoms with Gasteiger partial charge >= 0.3 is 379 Å². The summed E-state index contributed by atoms with van der Waals surface area (Å²) < 4.78 is 5.13. The predicted molar refractivity (Wildman–Crippen MR) is 265 cm³/mol. The molecule has 64 heavy (non-hydrogen) atoms. The van der Waals surface area contributed by atoms with E-state index in [-0.39, 0.29) is 35.6 Å². The van der Waals surface area contributed by atoms with Crippen molar-refractivity contribution in [3.05, 3.63) is 219 Å². The van der Waals surface area contributed by atoms with Gasteiger partial charge in [0.05, 0.1) is 0 Å². The van der Waals surface area contributed by atoms with Crippen molar-refractivity contribution in [1.29, 1.82) is 0 Å². The molecule has 10 rings (SSSR count). The fourth-order valence-electron chi connectivity index (χ4n) is 10.2. The summed E-state index contributed by atoms with van der Waals surface area (Å²) in [6, 6.07) is 62.6. The number of benzene rings is 8. The maximum absolute atomic E-state index is 2.99. The van der Waals surface area contributed by atoms with Crippen LogP contribution in [0.25, 0.3) is 54.9 Å². The summed E-state index contributed by atoms with van der Waals surface area (Å²) in [5, 5.41) is 5.18. The van der Waals surface area contributed by atoms with Gasteiger partial charge in [-0.05, 0) is 0 Å². The molecule has 8 aromatic carbocycles. The van der Waals surface area contributed by atoms with Gasteiger partial charge in [-0.25, -0.2) is 0 Å². The van der Waals surface area contributed by atoms with E-state index in [4.69, 9.17) is 0 Å². The van der Waals surface area contributed by atoms with Crippen molar-refractivity contribution >= 4 is 28.0 Å². The van der Waals surface area contributed by atoms with Crippen LogP contribution in [0.3, 0.4) is 0 Å². The fraction of sp³-hybridized carbons (Fsp3) is 0.197. The Morgan fingerprint density at radius 1 is 0.500 bits per heavy atom. The van der Waals surface area contributed by atoms with Crippen LogP contribution in [0, 0.1) is 0 Å². The Labute approximate surface area is 401 Å². The van der Waals surface area contributed by atoms with Crippen LogP contribution in [0.15, 0.2) is 185 Å². The van der Waals surface area contributed by atoms with E-state index >= 15 is 0 Å². The van der Waals surface area contributed by atoms with Gasteiger partial charge in [-0.1, -0.05) is 0 Å². The molecule has 318 valence electrons. The quantitative estimate of drug-likeness (QED) is 0.143. The molecular weight excluding hydrogens is 895 g/mol. The molecule has 0 nitrogen and oxygen atoms in total. The van der Waals surface area contributed by atoms with E-state index in [0.29, 0.717) is 0 Å². The van der Waals surface area contributed by atoms with Crippen molar-refractivity contribution < 1.29 is 46.1 Å². The molecule has 0 aromatic heterocycles. The summed E-state index contributed by atoms with van der Waals surface area (Å²) in [5.41, 5.74) is 17.0. The van der Waals surface area contributed by atoms with Crippen molar-refractivity contribution in [1.82, 2.24) is 0 Å². The Morgan fingerprint density at radius 2 is 1.02 bits per heavy atom. The Morgan fingerprint density at radius 3 is 1.56 bits per heavy atom. The van der Waals surface area contributed by atoms with Crippen LogP contribution in [0.5, 0.6) is 0 Å². The van der Waals surface area contributed by atoms with Gasteiger partial charge < -0.3 is 24.8 Å². The monoisotopic (exact) mass is 948 g/mol.